The number of nitrogens with zero attached hydrogens (tertiary/aromatic N) is 5. The molecule has 7 nitrogen and oxygen atoms in total. The lowest BCUT2D eigenvalue weighted by atomic mass is 10.1. The summed E-state index contributed by atoms with van der Waals surface area (Å²) in [4.78, 5) is 23.5. The third-order valence-electron chi connectivity index (χ3n) is 4.92. The number of fused-ring (bicyclic) bond motifs is 1. The molecule has 1 N–H and O–H groups in total. The first kappa shape index (κ1) is 16.7. The Hall–Kier alpha value is -2.80. The van der Waals surface area contributed by atoms with E-state index in [9.17, 15) is 4.79 Å². The molecule has 0 spiro atoms. The van der Waals surface area contributed by atoms with Gasteiger partial charge in [-0.05, 0) is 50.4 Å². The van der Waals surface area contributed by atoms with Gasteiger partial charge >= 0.3 is 0 Å². The highest BCUT2D eigenvalue weighted by molar-refractivity contribution is 5.96. The molecule has 1 aliphatic rings. The molecule has 0 saturated carbocycles. The van der Waals surface area contributed by atoms with Crippen molar-refractivity contribution in [2.75, 3.05) is 18.4 Å². The number of anilines is 1. The van der Waals surface area contributed by atoms with Crippen LogP contribution in [0.5, 0.6) is 0 Å². The van der Waals surface area contributed by atoms with Gasteiger partial charge in [0.05, 0.1) is 17.9 Å². The molecule has 1 saturated heterocycles. The fourth-order valence-electron chi connectivity index (χ4n) is 3.34. The number of aromatic nitrogens is 4. The molecule has 1 fully saturated rings. The summed E-state index contributed by atoms with van der Waals surface area (Å²) in [6, 6.07) is 3.75. The molecule has 0 bridgehead atoms. The quantitative estimate of drug-likeness (QED) is 0.782. The Morgan fingerprint density at radius 3 is 2.62 bits per heavy atom. The summed E-state index contributed by atoms with van der Waals surface area (Å²) < 4.78 is 1.75. The second-order valence-corrected chi connectivity index (χ2v) is 6.80. The number of rotatable bonds is 4. The van der Waals surface area contributed by atoms with Crippen molar-refractivity contribution in [2.45, 2.75) is 25.8 Å². The van der Waals surface area contributed by atoms with Crippen LogP contribution < -0.4 is 5.32 Å². The molecule has 1 aliphatic heterocycles. The molecule has 1 atom stereocenters. The Kier molecular flexibility index (Phi) is 4.38. The van der Waals surface area contributed by atoms with E-state index in [1.54, 1.807) is 23.3 Å². The average molecular weight is 350 g/mol. The van der Waals surface area contributed by atoms with Crippen LogP contribution in [0.25, 0.3) is 22.0 Å². The van der Waals surface area contributed by atoms with Gasteiger partial charge in [-0.3, -0.25) is 19.4 Å². The van der Waals surface area contributed by atoms with Gasteiger partial charge in [-0.2, -0.15) is 5.10 Å². The third kappa shape index (κ3) is 3.30. The Morgan fingerprint density at radius 1 is 1.12 bits per heavy atom. The summed E-state index contributed by atoms with van der Waals surface area (Å²) >= 11 is 0. The fourth-order valence-corrected chi connectivity index (χ4v) is 3.34. The first-order chi connectivity index (χ1) is 12.6. The minimum atomic E-state index is -0.140. The second-order valence-electron chi connectivity index (χ2n) is 6.80. The largest absolute Gasteiger partial charge is 0.309 e. The number of aryl methyl sites for hydroxylation is 1. The Labute approximate surface area is 152 Å². The standard InChI is InChI=1S/C19H22N6O/c1-13(25-5-3-4-6-25)19(26)23-18-8-14-7-17(16-11-22-24(2)12-16)20-9-15(14)10-21-18/h7-13H,3-6H2,1-2H3,(H,21,23,26). The van der Waals surface area contributed by atoms with E-state index in [1.807, 2.05) is 32.3 Å². The van der Waals surface area contributed by atoms with Crippen LogP contribution in [0.4, 0.5) is 5.82 Å². The normalized spacial score (nSPS) is 16.1. The van der Waals surface area contributed by atoms with Gasteiger partial charge in [-0.15, -0.1) is 0 Å². The molecule has 26 heavy (non-hydrogen) atoms. The van der Waals surface area contributed by atoms with E-state index in [2.05, 4.69) is 25.3 Å². The Balaban J connectivity index is 1.57. The van der Waals surface area contributed by atoms with Gasteiger partial charge in [0.25, 0.3) is 0 Å². The zero-order valence-corrected chi connectivity index (χ0v) is 15.0. The Bertz CT molecular complexity index is 944. The average Bonchev–Trinajstić information content (AvgIpc) is 3.32. The monoisotopic (exact) mass is 350 g/mol. The van der Waals surface area contributed by atoms with Crippen LogP contribution in [0.2, 0.25) is 0 Å². The molecule has 0 aliphatic carbocycles. The summed E-state index contributed by atoms with van der Waals surface area (Å²) in [6.45, 7) is 3.92. The van der Waals surface area contributed by atoms with Crippen LogP contribution in [0.3, 0.4) is 0 Å². The van der Waals surface area contributed by atoms with Gasteiger partial charge in [0.15, 0.2) is 0 Å². The van der Waals surface area contributed by atoms with E-state index in [0.29, 0.717) is 5.82 Å². The van der Waals surface area contributed by atoms with Crippen LogP contribution in [-0.4, -0.2) is 49.7 Å². The highest BCUT2D eigenvalue weighted by Gasteiger charge is 2.24. The summed E-state index contributed by atoms with van der Waals surface area (Å²) in [5, 5.41) is 9.05. The number of carbonyl (C=O) groups excluding carboxylic acids is 1. The molecule has 7 heteroatoms. The minimum Gasteiger partial charge on any atom is -0.309 e. The molecule has 1 unspecified atom stereocenters. The van der Waals surface area contributed by atoms with E-state index in [4.69, 9.17) is 0 Å². The zero-order chi connectivity index (χ0) is 18.1. The summed E-state index contributed by atoms with van der Waals surface area (Å²) in [5.41, 5.74) is 1.80. The fraction of sp³-hybridized carbons (Fsp3) is 0.368. The smallest absolute Gasteiger partial charge is 0.242 e. The van der Waals surface area contributed by atoms with E-state index >= 15 is 0 Å². The van der Waals surface area contributed by atoms with Gasteiger partial charge < -0.3 is 5.32 Å². The molecule has 134 valence electrons. The number of hydrogen-bond acceptors (Lipinski definition) is 5. The predicted molar refractivity (Wildman–Crippen MR) is 101 cm³/mol. The first-order valence-corrected chi connectivity index (χ1v) is 8.90. The molecular weight excluding hydrogens is 328 g/mol. The van der Waals surface area contributed by atoms with Crippen molar-refractivity contribution in [3.63, 3.8) is 0 Å². The lowest BCUT2D eigenvalue weighted by molar-refractivity contribution is -0.120. The highest BCUT2D eigenvalue weighted by Crippen LogP contribution is 2.23. The van der Waals surface area contributed by atoms with E-state index in [0.717, 1.165) is 48.0 Å². The van der Waals surface area contributed by atoms with Gasteiger partial charge in [-0.1, -0.05) is 0 Å². The van der Waals surface area contributed by atoms with Crippen LogP contribution in [0.1, 0.15) is 19.8 Å². The maximum Gasteiger partial charge on any atom is 0.242 e. The number of likely N-dealkylation sites (tertiary alicyclic amines) is 1. The van der Waals surface area contributed by atoms with Gasteiger partial charge in [0.1, 0.15) is 5.82 Å². The number of nitrogens with one attached hydrogen (secondary N) is 1. The van der Waals surface area contributed by atoms with Crippen molar-refractivity contribution in [3.8, 4) is 11.3 Å². The molecule has 3 aromatic rings. The van der Waals surface area contributed by atoms with Crippen molar-refractivity contribution >= 4 is 22.5 Å². The molecule has 1 amide bonds. The summed E-state index contributed by atoms with van der Waals surface area (Å²) in [5.74, 6) is 0.553. The molecule has 0 radical (unpaired) electrons. The topological polar surface area (TPSA) is 75.9 Å². The second kappa shape index (κ2) is 6.84. The van der Waals surface area contributed by atoms with Crippen molar-refractivity contribution < 1.29 is 4.79 Å². The predicted octanol–water partition coefficient (Wildman–Crippen LogP) is 2.45. The van der Waals surface area contributed by atoms with Gasteiger partial charge in [0.2, 0.25) is 5.91 Å². The molecule has 4 rings (SSSR count). The van der Waals surface area contributed by atoms with Crippen LogP contribution >= 0.6 is 0 Å². The number of carbonyl (C=O) groups is 1. The summed E-state index contributed by atoms with van der Waals surface area (Å²) in [7, 11) is 1.88. The molecule has 4 heterocycles. The van der Waals surface area contributed by atoms with Gasteiger partial charge in [-0.25, -0.2) is 4.98 Å². The van der Waals surface area contributed by atoms with E-state index < -0.39 is 0 Å². The SMILES string of the molecule is CC(C(=O)Nc1cc2cc(-c3cnn(C)c3)ncc2cn1)N1CCCC1. The highest BCUT2D eigenvalue weighted by atomic mass is 16.2. The third-order valence-corrected chi connectivity index (χ3v) is 4.92. The van der Waals surface area contributed by atoms with Crippen molar-refractivity contribution in [1.29, 1.82) is 0 Å². The maximum atomic E-state index is 12.5. The lowest BCUT2D eigenvalue weighted by Gasteiger charge is -2.22. The minimum absolute atomic E-state index is 0.0136. The van der Waals surface area contributed by atoms with E-state index in [1.165, 1.54) is 0 Å². The van der Waals surface area contributed by atoms with Crippen molar-refractivity contribution in [1.82, 2.24) is 24.6 Å². The van der Waals surface area contributed by atoms with E-state index in [-0.39, 0.29) is 11.9 Å². The van der Waals surface area contributed by atoms with Gasteiger partial charge in [0, 0.05) is 36.6 Å². The van der Waals surface area contributed by atoms with Crippen molar-refractivity contribution in [2.24, 2.45) is 7.05 Å². The molecule has 3 aromatic heterocycles. The first-order valence-electron chi connectivity index (χ1n) is 8.90. The van der Waals surface area contributed by atoms with Crippen molar-refractivity contribution in [3.05, 3.63) is 36.9 Å². The Morgan fingerprint density at radius 2 is 1.88 bits per heavy atom. The number of hydrogen-bond donors (Lipinski definition) is 1. The summed E-state index contributed by atoms with van der Waals surface area (Å²) in [6.07, 6.45) is 9.58. The maximum absolute atomic E-state index is 12.5. The lowest BCUT2D eigenvalue weighted by Crippen LogP contribution is -2.40. The molecular formula is C19H22N6O. The van der Waals surface area contributed by atoms with Crippen LogP contribution in [0.15, 0.2) is 36.9 Å². The molecule has 0 aromatic carbocycles. The number of pyridine rings is 2. The number of amides is 1. The van der Waals surface area contributed by atoms with Crippen LogP contribution in [0, 0.1) is 0 Å². The van der Waals surface area contributed by atoms with Crippen LogP contribution in [-0.2, 0) is 11.8 Å². The zero-order valence-electron chi connectivity index (χ0n) is 15.0.